The number of hydrogen-bond acceptors (Lipinski definition) is 5. The highest BCUT2D eigenvalue weighted by Crippen LogP contribution is 2.22. The highest BCUT2D eigenvalue weighted by atomic mass is 16.6. The van der Waals surface area contributed by atoms with Crippen LogP contribution < -0.4 is 5.43 Å². The molecule has 0 aliphatic rings. The average Bonchev–Trinajstić information content (AvgIpc) is 2.16. The lowest BCUT2D eigenvalue weighted by molar-refractivity contribution is -0.385. The van der Waals surface area contributed by atoms with E-state index < -0.39 is 4.92 Å². The maximum absolute atomic E-state index is 10.6. The lowest BCUT2D eigenvalue weighted by atomic mass is 10.2. The Morgan fingerprint density at radius 2 is 2.20 bits per heavy atom. The Labute approximate surface area is 86.9 Å². The smallest absolute Gasteiger partial charge is 0.289 e. The summed E-state index contributed by atoms with van der Waals surface area (Å²) >= 11 is 0. The van der Waals surface area contributed by atoms with E-state index in [-0.39, 0.29) is 11.3 Å². The van der Waals surface area contributed by atoms with Gasteiger partial charge in [0.25, 0.3) is 5.69 Å². The van der Waals surface area contributed by atoms with Gasteiger partial charge in [-0.05, 0) is 12.1 Å². The van der Waals surface area contributed by atoms with E-state index in [4.69, 9.17) is 5.26 Å². The number of benzene rings is 1. The number of hydrogen-bond donors (Lipinski definition) is 1. The van der Waals surface area contributed by atoms with Crippen LogP contribution in [0, 0.1) is 21.4 Å². The molecule has 0 aromatic heterocycles. The topological polar surface area (TPSA) is 82.2 Å². The molecule has 0 bridgehead atoms. The summed E-state index contributed by atoms with van der Waals surface area (Å²) in [5, 5.41) is 20.9. The molecule has 0 aliphatic carbocycles. The summed E-state index contributed by atoms with van der Waals surface area (Å²) in [6, 6.07) is 6.14. The molecule has 1 rings (SSSR count). The normalized spacial score (nSPS) is 9.73. The second-order valence-corrected chi connectivity index (χ2v) is 3.11. The van der Waals surface area contributed by atoms with Crippen molar-refractivity contribution in [3.05, 3.63) is 33.9 Å². The third-order valence-corrected chi connectivity index (χ3v) is 1.67. The number of nitro benzene ring substituents is 1. The zero-order valence-electron chi connectivity index (χ0n) is 8.39. The Morgan fingerprint density at radius 3 is 2.67 bits per heavy atom. The van der Waals surface area contributed by atoms with Crippen LogP contribution in [0.25, 0.3) is 0 Å². The third-order valence-electron chi connectivity index (χ3n) is 1.67. The van der Waals surface area contributed by atoms with Crippen molar-refractivity contribution in [2.45, 2.75) is 0 Å². The first-order valence-electron chi connectivity index (χ1n) is 4.17. The molecule has 1 aromatic rings. The van der Waals surface area contributed by atoms with Gasteiger partial charge in [0.1, 0.15) is 11.6 Å². The van der Waals surface area contributed by atoms with Crippen LogP contribution in [0.1, 0.15) is 5.56 Å². The van der Waals surface area contributed by atoms with Gasteiger partial charge in [-0.3, -0.25) is 10.1 Å². The number of nitro groups is 1. The summed E-state index contributed by atoms with van der Waals surface area (Å²) in [7, 11) is 3.54. The standard InChI is InChI=1S/C9H10N4O2/c1-12(2)11-8-4-3-7(6-10)9(5-8)13(14)15/h3-5,11H,1-2H3. The van der Waals surface area contributed by atoms with Crippen molar-refractivity contribution in [1.82, 2.24) is 5.01 Å². The Morgan fingerprint density at radius 1 is 1.53 bits per heavy atom. The van der Waals surface area contributed by atoms with Gasteiger partial charge >= 0.3 is 0 Å². The first-order valence-corrected chi connectivity index (χ1v) is 4.17. The van der Waals surface area contributed by atoms with E-state index in [0.717, 1.165) is 0 Å². The molecule has 1 N–H and O–H groups in total. The van der Waals surface area contributed by atoms with Gasteiger partial charge in [0.05, 0.1) is 10.6 Å². The molecule has 0 heterocycles. The summed E-state index contributed by atoms with van der Waals surface area (Å²) in [6.45, 7) is 0. The fourth-order valence-electron chi connectivity index (χ4n) is 1.10. The molecule has 0 unspecified atom stereocenters. The van der Waals surface area contributed by atoms with E-state index in [1.165, 1.54) is 12.1 Å². The van der Waals surface area contributed by atoms with Crippen LogP contribution >= 0.6 is 0 Å². The zero-order chi connectivity index (χ0) is 11.4. The van der Waals surface area contributed by atoms with E-state index in [2.05, 4.69) is 5.43 Å². The second-order valence-electron chi connectivity index (χ2n) is 3.11. The fraction of sp³-hybridized carbons (Fsp3) is 0.222. The maximum Gasteiger partial charge on any atom is 0.289 e. The van der Waals surface area contributed by atoms with Crippen molar-refractivity contribution < 1.29 is 4.92 Å². The number of nitrogens with zero attached hydrogens (tertiary/aromatic N) is 3. The molecule has 0 fully saturated rings. The first-order chi connectivity index (χ1) is 7.04. The number of anilines is 1. The van der Waals surface area contributed by atoms with Crippen LogP contribution in [-0.4, -0.2) is 24.0 Å². The molecule has 0 amide bonds. The summed E-state index contributed by atoms with van der Waals surface area (Å²) in [6.07, 6.45) is 0. The molecule has 0 spiro atoms. The summed E-state index contributed by atoms with van der Waals surface area (Å²) < 4.78 is 0. The molecule has 0 atom stereocenters. The number of rotatable bonds is 3. The van der Waals surface area contributed by atoms with Crippen LogP contribution in [0.2, 0.25) is 0 Å². The lowest BCUT2D eigenvalue weighted by Crippen LogP contribution is -2.19. The summed E-state index contributed by atoms with van der Waals surface area (Å²) in [5.41, 5.74) is 3.31. The van der Waals surface area contributed by atoms with Crippen LogP contribution in [-0.2, 0) is 0 Å². The molecule has 0 radical (unpaired) electrons. The number of nitriles is 1. The highest BCUT2D eigenvalue weighted by Gasteiger charge is 2.14. The minimum absolute atomic E-state index is 0.0595. The van der Waals surface area contributed by atoms with Crippen molar-refractivity contribution in [2.75, 3.05) is 19.5 Å². The Hall–Kier alpha value is -2.13. The Kier molecular flexibility index (Phi) is 3.21. The van der Waals surface area contributed by atoms with Gasteiger partial charge in [0, 0.05) is 20.2 Å². The van der Waals surface area contributed by atoms with E-state index in [0.29, 0.717) is 5.69 Å². The highest BCUT2D eigenvalue weighted by molar-refractivity contribution is 5.58. The fourth-order valence-corrected chi connectivity index (χ4v) is 1.10. The predicted molar refractivity (Wildman–Crippen MR) is 55.1 cm³/mol. The average molecular weight is 206 g/mol. The molecule has 0 aliphatic heterocycles. The van der Waals surface area contributed by atoms with Gasteiger partial charge in [0.2, 0.25) is 0 Å². The number of hydrazine groups is 1. The molecule has 0 saturated carbocycles. The molecular weight excluding hydrogens is 196 g/mol. The molecular formula is C9H10N4O2. The molecule has 1 aromatic carbocycles. The van der Waals surface area contributed by atoms with Crippen LogP contribution in [0.3, 0.4) is 0 Å². The van der Waals surface area contributed by atoms with Crippen molar-refractivity contribution >= 4 is 11.4 Å². The predicted octanol–water partition coefficient (Wildman–Crippen LogP) is 1.35. The van der Waals surface area contributed by atoms with Crippen molar-refractivity contribution in [3.8, 4) is 6.07 Å². The molecule has 6 nitrogen and oxygen atoms in total. The monoisotopic (exact) mass is 206 g/mol. The van der Waals surface area contributed by atoms with Gasteiger partial charge in [-0.25, -0.2) is 5.01 Å². The zero-order valence-corrected chi connectivity index (χ0v) is 8.39. The molecule has 6 heteroatoms. The largest absolute Gasteiger partial charge is 0.319 e. The van der Waals surface area contributed by atoms with Crippen molar-refractivity contribution in [3.63, 3.8) is 0 Å². The van der Waals surface area contributed by atoms with E-state index >= 15 is 0 Å². The second kappa shape index (κ2) is 4.39. The summed E-state index contributed by atoms with van der Waals surface area (Å²) in [5.74, 6) is 0. The van der Waals surface area contributed by atoms with Crippen molar-refractivity contribution in [2.24, 2.45) is 0 Å². The van der Waals surface area contributed by atoms with Gasteiger partial charge in [0.15, 0.2) is 0 Å². The lowest BCUT2D eigenvalue weighted by Gasteiger charge is -2.12. The molecule has 15 heavy (non-hydrogen) atoms. The van der Waals surface area contributed by atoms with Gasteiger partial charge in [-0.1, -0.05) is 0 Å². The van der Waals surface area contributed by atoms with E-state index in [1.807, 2.05) is 0 Å². The maximum atomic E-state index is 10.6. The van der Waals surface area contributed by atoms with E-state index in [9.17, 15) is 10.1 Å². The minimum Gasteiger partial charge on any atom is -0.319 e. The first kappa shape index (κ1) is 10.9. The van der Waals surface area contributed by atoms with Gasteiger partial charge < -0.3 is 5.43 Å². The van der Waals surface area contributed by atoms with Crippen LogP contribution in [0.4, 0.5) is 11.4 Å². The molecule has 0 saturated heterocycles. The van der Waals surface area contributed by atoms with Gasteiger partial charge in [-0.15, -0.1) is 0 Å². The Balaban J connectivity index is 3.12. The van der Waals surface area contributed by atoms with Gasteiger partial charge in [-0.2, -0.15) is 5.26 Å². The minimum atomic E-state index is -0.570. The van der Waals surface area contributed by atoms with Crippen LogP contribution in [0.5, 0.6) is 0 Å². The number of nitrogens with one attached hydrogen (secondary N) is 1. The SMILES string of the molecule is CN(C)Nc1ccc(C#N)c([N+](=O)[O-])c1. The van der Waals surface area contributed by atoms with E-state index in [1.54, 1.807) is 31.2 Å². The van der Waals surface area contributed by atoms with Crippen LogP contribution in [0.15, 0.2) is 18.2 Å². The Bertz CT molecular complexity index is 423. The molecule has 78 valence electrons. The van der Waals surface area contributed by atoms with Crippen molar-refractivity contribution in [1.29, 1.82) is 5.26 Å². The third kappa shape index (κ3) is 2.65. The summed E-state index contributed by atoms with van der Waals surface area (Å²) in [4.78, 5) is 10.1. The quantitative estimate of drug-likeness (QED) is 0.596.